The maximum absolute atomic E-state index is 13.4. The van der Waals surface area contributed by atoms with Gasteiger partial charge in [0, 0.05) is 35.2 Å². The van der Waals surface area contributed by atoms with Crippen LogP contribution in [-0.2, 0) is 16.0 Å². The van der Waals surface area contributed by atoms with E-state index in [0.29, 0.717) is 42.4 Å². The molecule has 1 aromatic heterocycles. The zero-order valence-electron chi connectivity index (χ0n) is 16.7. The van der Waals surface area contributed by atoms with Crippen molar-refractivity contribution in [2.75, 3.05) is 25.1 Å². The largest absolute Gasteiger partial charge is 0.486 e. The van der Waals surface area contributed by atoms with Crippen molar-refractivity contribution < 1.29 is 23.5 Å². The first-order valence-electron chi connectivity index (χ1n) is 9.70. The third-order valence-corrected chi connectivity index (χ3v) is 5.87. The van der Waals surface area contributed by atoms with Gasteiger partial charge in [0.1, 0.15) is 24.0 Å². The van der Waals surface area contributed by atoms with Crippen molar-refractivity contribution >= 4 is 28.8 Å². The van der Waals surface area contributed by atoms with E-state index in [4.69, 9.17) is 9.47 Å². The van der Waals surface area contributed by atoms with Gasteiger partial charge in [-0.05, 0) is 31.2 Å². The molecule has 0 atom stereocenters. The highest BCUT2D eigenvalue weighted by molar-refractivity contribution is 7.15. The Morgan fingerprint density at radius 1 is 1.10 bits per heavy atom. The molecule has 0 fully saturated rings. The van der Waals surface area contributed by atoms with Gasteiger partial charge in [-0.15, -0.1) is 11.3 Å². The summed E-state index contributed by atoms with van der Waals surface area (Å²) >= 11 is 1.44. The van der Waals surface area contributed by atoms with Crippen LogP contribution in [0, 0.1) is 12.7 Å². The first-order valence-corrected chi connectivity index (χ1v) is 10.5. The van der Waals surface area contributed by atoms with E-state index in [2.05, 4.69) is 15.6 Å². The lowest BCUT2D eigenvalue weighted by molar-refractivity contribution is -0.136. The van der Waals surface area contributed by atoms with Crippen LogP contribution in [0.2, 0.25) is 0 Å². The SMILES string of the molecule is Cc1nc(-c2cccc(F)c2)sc1CCNC(=O)C(=O)Nc1ccc2c(c1)OCCO2. The van der Waals surface area contributed by atoms with Gasteiger partial charge < -0.3 is 20.1 Å². The Bertz CT molecular complexity index is 1130. The molecule has 7 nitrogen and oxygen atoms in total. The fourth-order valence-electron chi connectivity index (χ4n) is 3.08. The van der Waals surface area contributed by atoms with Gasteiger partial charge in [0.25, 0.3) is 0 Å². The minimum Gasteiger partial charge on any atom is -0.486 e. The molecular formula is C22H20FN3O4S. The minimum atomic E-state index is -0.766. The molecule has 1 aliphatic rings. The number of aryl methyl sites for hydroxylation is 1. The maximum Gasteiger partial charge on any atom is 0.313 e. The standard InChI is InChI=1S/C22H20FN3O4S/c1-13-19(31-22(25-13)14-3-2-4-15(23)11-14)7-8-24-20(27)21(28)26-16-5-6-17-18(12-16)30-10-9-29-17/h2-6,11-12H,7-10H2,1H3,(H,24,27)(H,26,28). The van der Waals surface area contributed by atoms with E-state index in [1.165, 1.54) is 23.5 Å². The van der Waals surface area contributed by atoms with Crippen LogP contribution in [0.4, 0.5) is 10.1 Å². The summed E-state index contributed by atoms with van der Waals surface area (Å²) in [6.07, 6.45) is 0.516. The number of anilines is 1. The highest BCUT2D eigenvalue weighted by Gasteiger charge is 2.17. The van der Waals surface area contributed by atoms with E-state index in [1.807, 2.05) is 6.92 Å². The molecule has 0 spiro atoms. The van der Waals surface area contributed by atoms with Crippen molar-refractivity contribution in [3.8, 4) is 22.1 Å². The average molecular weight is 441 g/mol. The molecule has 31 heavy (non-hydrogen) atoms. The number of rotatable bonds is 5. The van der Waals surface area contributed by atoms with Crippen molar-refractivity contribution in [2.45, 2.75) is 13.3 Å². The highest BCUT2D eigenvalue weighted by Crippen LogP contribution is 2.32. The lowest BCUT2D eigenvalue weighted by atomic mass is 10.2. The van der Waals surface area contributed by atoms with Crippen LogP contribution >= 0.6 is 11.3 Å². The number of hydrogen-bond donors (Lipinski definition) is 2. The summed E-state index contributed by atoms with van der Waals surface area (Å²) in [6.45, 7) is 3.05. The van der Waals surface area contributed by atoms with Crippen LogP contribution in [0.25, 0.3) is 10.6 Å². The molecular weight excluding hydrogens is 421 g/mol. The van der Waals surface area contributed by atoms with Gasteiger partial charge in [0.05, 0.1) is 5.69 Å². The molecule has 2 heterocycles. The summed E-state index contributed by atoms with van der Waals surface area (Å²) in [5.41, 5.74) is 1.98. The fraction of sp³-hybridized carbons (Fsp3) is 0.227. The van der Waals surface area contributed by atoms with Gasteiger partial charge >= 0.3 is 11.8 Å². The molecule has 0 saturated carbocycles. The average Bonchev–Trinajstić information content (AvgIpc) is 3.14. The van der Waals surface area contributed by atoms with Crippen LogP contribution in [0.15, 0.2) is 42.5 Å². The molecule has 0 unspecified atom stereocenters. The van der Waals surface area contributed by atoms with Gasteiger partial charge in [-0.25, -0.2) is 9.37 Å². The molecule has 0 aliphatic carbocycles. The number of amides is 2. The number of aromatic nitrogens is 1. The van der Waals surface area contributed by atoms with Gasteiger partial charge in [-0.1, -0.05) is 12.1 Å². The maximum atomic E-state index is 13.4. The summed E-state index contributed by atoms with van der Waals surface area (Å²) in [5.74, 6) is -0.686. The first-order chi connectivity index (χ1) is 15.0. The molecule has 1 aliphatic heterocycles. The first kappa shape index (κ1) is 20.8. The molecule has 4 rings (SSSR count). The van der Waals surface area contributed by atoms with Crippen LogP contribution in [0.1, 0.15) is 10.6 Å². The Kier molecular flexibility index (Phi) is 6.13. The molecule has 2 amide bonds. The van der Waals surface area contributed by atoms with Crippen molar-refractivity contribution in [3.05, 3.63) is 58.9 Å². The Hall–Kier alpha value is -3.46. The Morgan fingerprint density at radius 3 is 2.71 bits per heavy atom. The molecule has 3 aromatic rings. The molecule has 2 N–H and O–H groups in total. The summed E-state index contributed by atoms with van der Waals surface area (Å²) in [5, 5.41) is 5.88. The number of benzene rings is 2. The number of nitrogens with zero attached hydrogens (tertiary/aromatic N) is 1. The zero-order valence-corrected chi connectivity index (χ0v) is 17.6. The van der Waals surface area contributed by atoms with Crippen LogP contribution in [0.5, 0.6) is 11.5 Å². The third-order valence-electron chi connectivity index (χ3n) is 4.61. The molecule has 9 heteroatoms. The molecule has 0 radical (unpaired) electrons. The zero-order chi connectivity index (χ0) is 21.8. The minimum absolute atomic E-state index is 0.277. The van der Waals surface area contributed by atoms with E-state index in [0.717, 1.165) is 15.6 Å². The van der Waals surface area contributed by atoms with Gasteiger partial charge in [-0.2, -0.15) is 0 Å². The summed E-state index contributed by atoms with van der Waals surface area (Å²) < 4.78 is 24.3. The van der Waals surface area contributed by atoms with Crippen molar-refractivity contribution in [3.63, 3.8) is 0 Å². The van der Waals surface area contributed by atoms with E-state index in [1.54, 1.807) is 30.3 Å². The fourth-order valence-corrected chi connectivity index (χ4v) is 4.14. The monoisotopic (exact) mass is 441 g/mol. The molecule has 0 bridgehead atoms. The topological polar surface area (TPSA) is 89.6 Å². The number of ether oxygens (including phenoxy) is 2. The predicted octanol–water partition coefficient (Wildman–Crippen LogP) is 3.33. The van der Waals surface area contributed by atoms with E-state index < -0.39 is 11.8 Å². The summed E-state index contributed by atoms with van der Waals surface area (Å²) in [6, 6.07) is 11.2. The predicted molar refractivity (Wildman–Crippen MR) is 115 cm³/mol. The molecule has 160 valence electrons. The van der Waals surface area contributed by atoms with Crippen molar-refractivity contribution in [2.24, 2.45) is 0 Å². The second-order valence-corrected chi connectivity index (χ2v) is 7.94. The van der Waals surface area contributed by atoms with Crippen LogP contribution < -0.4 is 20.1 Å². The summed E-state index contributed by atoms with van der Waals surface area (Å²) in [4.78, 5) is 29.8. The summed E-state index contributed by atoms with van der Waals surface area (Å²) in [7, 11) is 0. The Labute approximate surface area is 182 Å². The third kappa shape index (κ3) is 5.00. The van der Waals surface area contributed by atoms with E-state index >= 15 is 0 Å². The normalized spacial score (nSPS) is 12.3. The number of carbonyl (C=O) groups is 2. The van der Waals surface area contributed by atoms with Gasteiger partial charge in [0.2, 0.25) is 0 Å². The van der Waals surface area contributed by atoms with Crippen molar-refractivity contribution in [1.29, 1.82) is 0 Å². The number of thiazole rings is 1. The Morgan fingerprint density at radius 2 is 1.90 bits per heavy atom. The quantitative estimate of drug-likeness (QED) is 0.593. The second-order valence-electron chi connectivity index (χ2n) is 6.86. The molecule has 2 aromatic carbocycles. The highest BCUT2D eigenvalue weighted by atomic mass is 32.1. The van der Waals surface area contributed by atoms with Crippen LogP contribution in [0.3, 0.4) is 0 Å². The van der Waals surface area contributed by atoms with Crippen molar-refractivity contribution in [1.82, 2.24) is 10.3 Å². The lowest BCUT2D eigenvalue weighted by Gasteiger charge is -2.18. The van der Waals surface area contributed by atoms with Crippen LogP contribution in [-0.4, -0.2) is 36.6 Å². The van der Waals surface area contributed by atoms with Gasteiger partial charge in [-0.3, -0.25) is 9.59 Å². The Balaban J connectivity index is 1.30. The smallest absolute Gasteiger partial charge is 0.313 e. The second kappa shape index (κ2) is 9.13. The number of nitrogens with one attached hydrogen (secondary N) is 2. The molecule has 0 saturated heterocycles. The number of hydrogen-bond acceptors (Lipinski definition) is 6. The van der Waals surface area contributed by atoms with Gasteiger partial charge in [0.15, 0.2) is 11.5 Å². The number of fused-ring (bicyclic) bond motifs is 1. The van der Waals surface area contributed by atoms with E-state index in [-0.39, 0.29) is 12.4 Å². The number of carbonyl (C=O) groups excluding carboxylic acids is 2. The number of halogens is 1. The lowest BCUT2D eigenvalue weighted by Crippen LogP contribution is -2.36. The van der Waals surface area contributed by atoms with E-state index in [9.17, 15) is 14.0 Å².